The topological polar surface area (TPSA) is 0 Å². The maximum atomic E-state index is 4.96. The third kappa shape index (κ3) is 36.6. The van der Waals surface area contributed by atoms with E-state index in [4.69, 9.17) is 45.0 Å². The van der Waals surface area contributed by atoms with Crippen molar-refractivity contribution in [1.82, 2.24) is 0 Å². The van der Waals surface area contributed by atoms with Crippen LogP contribution in [0.4, 0.5) is 0 Å². The standard InChI is InChI=1S/C6H12.2Cl2HPS/c1-2-4-6-5-3-1;2*1-3(2)4/h1-6H2;2*3H. The Labute approximate surface area is 117 Å². The Morgan fingerprint density at radius 1 is 0.571 bits per heavy atom. The molecule has 0 aromatic rings. The summed E-state index contributed by atoms with van der Waals surface area (Å²) < 4.78 is 0. The Hall–Kier alpha value is 2.46. The first-order chi connectivity index (χ1) is 6.46. The van der Waals surface area contributed by atoms with Crippen LogP contribution in [0.5, 0.6) is 0 Å². The van der Waals surface area contributed by atoms with Crippen molar-refractivity contribution in [2.75, 3.05) is 0 Å². The largest absolute Gasteiger partial charge is 0.108 e. The molecule has 0 spiro atoms. The summed E-state index contributed by atoms with van der Waals surface area (Å²) >= 11 is 28.3. The summed E-state index contributed by atoms with van der Waals surface area (Å²) in [5.74, 6) is 0. The molecule has 1 aliphatic rings. The molecule has 1 aliphatic carbocycles. The molecule has 0 aromatic heterocycles. The van der Waals surface area contributed by atoms with E-state index in [0.717, 1.165) is 0 Å². The minimum Gasteiger partial charge on any atom is -0.0717 e. The summed E-state index contributed by atoms with van der Waals surface area (Å²) in [6.45, 7) is 0. The zero-order valence-corrected chi connectivity index (χ0v) is 14.2. The molecule has 88 valence electrons. The molecule has 0 aromatic carbocycles. The highest BCUT2D eigenvalue weighted by Gasteiger charge is 1.95. The molecule has 0 radical (unpaired) electrons. The molecule has 14 heavy (non-hydrogen) atoms. The van der Waals surface area contributed by atoms with Gasteiger partial charge in [0.1, 0.15) is 10.8 Å². The summed E-state index contributed by atoms with van der Waals surface area (Å²) in [6.07, 6.45) is 9.00. The van der Waals surface area contributed by atoms with Crippen LogP contribution in [-0.2, 0) is 23.6 Å². The van der Waals surface area contributed by atoms with Crippen LogP contribution < -0.4 is 0 Å². The molecule has 0 nitrogen and oxygen atoms in total. The van der Waals surface area contributed by atoms with Crippen molar-refractivity contribution >= 4 is 79.4 Å². The quantitative estimate of drug-likeness (QED) is 0.470. The van der Waals surface area contributed by atoms with E-state index in [1.54, 1.807) is 0 Å². The summed E-state index contributed by atoms with van der Waals surface area (Å²) in [7, 11) is 0. The lowest BCUT2D eigenvalue weighted by molar-refractivity contribution is 0.504. The highest BCUT2D eigenvalue weighted by Crippen LogP contribution is 2.32. The number of hydrogen-bond donors (Lipinski definition) is 0. The molecule has 0 N–H and O–H groups in total. The third-order valence-corrected chi connectivity index (χ3v) is 1.50. The average Bonchev–Trinajstić information content (AvgIpc) is 2.05. The maximum Gasteiger partial charge on any atom is 0.108 e. The molecule has 0 saturated heterocycles. The van der Waals surface area contributed by atoms with E-state index in [2.05, 4.69) is 23.6 Å². The molecule has 0 heterocycles. The molecule has 1 fully saturated rings. The van der Waals surface area contributed by atoms with E-state index < -0.39 is 10.8 Å². The summed E-state index contributed by atoms with van der Waals surface area (Å²) in [4.78, 5) is 0. The van der Waals surface area contributed by atoms with Gasteiger partial charge in [-0.25, -0.2) is 0 Å². The van der Waals surface area contributed by atoms with E-state index in [9.17, 15) is 0 Å². The van der Waals surface area contributed by atoms with Gasteiger partial charge in [0.05, 0.1) is 0 Å². The molecular weight excluding hydrogens is 340 g/mol. The molecule has 0 amide bonds. The van der Waals surface area contributed by atoms with E-state index in [-0.39, 0.29) is 0 Å². The average molecular weight is 354 g/mol. The fraction of sp³-hybridized carbons (Fsp3) is 1.00. The molecule has 1 rings (SSSR count). The zero-order valence-electron chi connectivity index (χ0n) is 7.57. The molecule has 0 atom stereocenters. The maximum absolute atomic E-state index is 4.96. The number of rotatable bonds is 0. The van der Waals surface area contributed by atoms with Crippen LogP contribution in [0, 0.1) is 0 Å². The summed E-state index contributed by atoms with van der Waals surface area (Å²) in [5.41, 5.74) is 0. The summed E-state index contributed by atoms with van der Waals surface area (Å²) in [6, 6.07) is 0. The van der Waals surface area contributed by atoms with Crippen molar-refractivity contribution in [3.8, 4) is 0 Å². The van der Waals surface area contributed by atoms with Gasteiger partial charge in [0.15, 0.2) is 0 Å². The van der Waals surface area contributed by atoms with Gasteiger partial charge in [0, 0.05) is 0 Å². The van der Waals surface area contributed by atoms with Gasteiger partial charge in [-0.1, -0.05) is 107 Å². The second-order valence-electron chi connectivity index (χ2n) is 2.57. The number of hydrogen-bond acceptors (Lipinski definition) is 2. The SMILES string of the molecule is C1CCCCC1.S=[PH](Cl)Cl.S=[PH](Cl)Cl. The van der Waals surface area contributed by atoms with Crippen molar-refractivity contribution in [3.05, 3.63) is 0 Å². The van der Waals surface area contributed by atoms with Gasteiger partial charge in [0.25, 0.3) is 0 Å². The van der Waals surface area contributed by atoms with E-state index in [1.807, 2.05) is 0 Å². The molecule has 0 aliphatic heterocycles. The molecule has 0 unspecified atom stereocenters. The van der Waals surface area contributed by atoms with E-state index >= 15 is 0 Å². The fourth-order valence-electron chi connectivity index (χ4n) is 1.06. The van der Waals surface area contributed by atoms with Crippen LogP contribution in [0.2, 0.25) is 0 Å². The second kappa shape index (κ2) is 15.5. The lowest BCUT2D eigenvalue weighted by atomic mass is 10.0. The predicted octanol–water partition coefficient (Wildman–Crippen LogP) is 6.28. The van der Waals surface area contributed by atoms with Crippen LogP contribution in [0.1, 0.15) is 38.5 Å². The first-order valence-corrected chi connectivity index (χ1v) is 13.5. The lowest BCUT2D eigenvalue weighted by Crippen LogP contribution is -1.85. The number of halogens is 4. The van der Waals surface area contributed by atoms with E-state index in [1.165, 1.54) is 38.5 Å². The molecule has 1 saturated carbocycles. The van der Waals surface area contributed by atoms with Gasteiger partial charge in [0.2, 0.25) is 0 Å². The van der Waals surface area contributed by atoms with E-state index in [0.29, 0.717) is 0 Å². The zero-order chi connectivity index (χ0) is 11.4. The van der Waals surface area contributed by atoms with Crippen LogP contribution in [-0.4, -0.2) is 0 Å². The normalized spacial score (nSPS) is 15.3. The Morgan fingerprint density at radius 3 is 0.714 bits per heavy atom. The van der Waals surface area contributed by atoms with Gasteiger partial charge in [-0.15, -0.1) is 0 Å². The van der Waals surface area contributed by atoms with Crippen molar-refractivity contribution in [3.63, 3.8) is 0 Å². The smallest absolute Gasteiger partial charge is 0.0717 e. The lowest BCUT2D eigenvalue weighted by Gasteiger charge is -2.05. The van der Waals surface area contributed by atoms with Gasteiger partial charge in [-0.3, -0.25) is 0 Å². The van der Waals surface area contributed by atoms with Crippen molar-refractivity contribution < 1.29 is 0 Å². The second-order valence-corrected chi connectivity index (χ2v) is 14.3. The van der Waals surface area contributed by atoms with Crippen molar-refractivity contribution in [2.45, 2.75) is 38.5 Å². The Balaban J connectivity index is 0. The van der Waals surface area contributed by atoms with Crippen LogP contribution in [0.15, 0.2) is 0 Å². The highest BCUT2D eigenvalue weighted by molar-refractivity contribution is 8.29. The minimum absolute atomic E-state index is 1.35. The molecule has 8 heteroatoms. The minimum atomic E-state index is -1.35. The van der Waals surface area contributed by atoms with Gasteiger partial charge >= 0.3 is 0 Å². The predicted molar refractivity (Wildman–Crippen MR) is 82.5 cm³/mol. The Bertz CT molecular complexity index is 132. The monoisotopic (exact) mass is 352 g/mol. The summed E-state index contributed by atoms with van der Waals surface area (Å²) in [5, 5.41) is -2.70. The molecular formula is C6H14Cl4P2S2. The van der Waals surface area contributed by atoms with Gasteiger partial charge in [-0.2, -0.15) is 0 Å². The first-order valence-electron chi connectivity index (χ1n) is 4.16. The van der Waals surface area contributed by atoms with Crippen LogP contribution in [0.3, 0.4) is 0 Å². The third-order valence-electron chi connectivity index (χ3n) is 1.50. The Kier molecular flexibility index (Phi) is 20.8. The highest BCUT2D eigenvalue weighted by atomic mass is 35.9. The van der Waals surface area contributed by atoms with Gasteiger partial charge in [-0.05, 0) is 0 Å². The Morgan fingerprint density at radius 2 is 0.643 bits per heavy atom. The van der Waals surface area contributed by atoms with Crippen LogP contribution in [0.25, 0.3) is 0 Å². The van der Waals surface area contributed by atoms with Gasteiger partial charge < -0.3 is 0 Å². The van der Waals surface area contributed by atoms with Crippen molar-refractivity contribution in [2.24, 2.45) is 0 Å². The van der Waals surface area contributed by atoms with Crippen LogP contribution >= 0.6 is 55.8 Å². The van der Waals surface area contributed by atoms with Crippen molar-refractivity contribution in [1.29, 1.82) is 0 Å². The first kappa shape index (κ1) is 18.8. The fourth-order valence-corrected chi connectivity index (χ4v) is 1.06. The molecule has 0 bridgehead atoms.